The van der Waals surface area contributed by atoms with Gasteiger partial charge in [-0.3, -0.25) is 14.3 Å². The molecule has 1 aromatic carbocycles. The van der Waals surface area contributed by atoms with E-state index in [2.05, 4.69) is 15.0 Å². The lowest BCUT2D eigenvalue weighted by atomic mass is 10.1. The molecule has 0 aliphatic rings. The molecule has 0 amide bonds. The number of benzene rings is 1. The van der Waals surface area contributed by atoms with Gasteiger partial charge in [0.2, 0.25) is 0 Å². The van der Waals surface area contributed by atoms with Crippen molar-refractivity contribution in [2.75, 3.05) is 6.61 Å². The van der Waals surface area contributed by atoms with E-state index in [0.29, 0.717) is 11.8 Å². The number of aliphatic hydroxyl groups excluding tert-OH is 1. The number of pyridine rings is 2. The highest BCUT2D eigenvalue weighted by molar-refractivity contribution is 5.93. The van der Waals surface area contributed by atoms with E-state index in [9.17, 15) is 27.5 Å². The number of fused-ring (bicyclic) bond motifs is 1. The third-order valence-electron chi connectivity index (χ3n) is 4.96. The summed E-state index contributed by atoms with van der Waals surface area (Å²) < 4.78 is 53.8. The average Bonchev–Trinajstić information content (AvgIpc) is 2.78. The summed E-state index contributed by atoms with van der Waals surface area (Å²) in [6.45, 7) is 1.32. The molecule has 0 unspecified atom stereocenters. The SMILES string of the molecule is C[C@@H](CO)n1cnc2c(-c3cccc(F)c3)nc(-c3ccc(C(F)(F)F)cn3)cc2c1=O. The van der Waals surface area contributed by atoms with E-state index in [1.807, 2.05) is 0 Å². The minimum absolute atomic E-state index is 0.0996. The van der Waals surface area contributed by atoms with Gasteiger partial charge in [0.05, 0.1) is 47.0 Å². The Bertz CT molecular complexity index is 1350. The van der Waals surface area contributed by atoms with Crippen LogP contribution in [-0.4, -0.2) is 31.2 Å². The van der Waals surface area contributed by atoms with Crippen LogP contribution in [0, 0.1) is 5.82 Å². The van der Waals surface area contributed by atoms with Crippen LogP contribution in [0.2, 0.25) is 0 Å². The molecule has 0 bridgehead atoms. The summed E-state index contributed by atoms with van der Waals surface area (Å²) in [6.07, 6.45) is -2.60. The van der Waals surface area contributed by atoms with Crippen molar-refractivity contribution in [2.45, 2.75) is 19.1 Å². The van der Waals surface area contributed by atoms with E-state index in [-0.39, 0.29) is 34.6 Å². The lowest BCUT2D eigenvalue weighted by Crippen LogP contribution is -2.26. The number of halogens is 4. The van der Waals surface area contributed by atoms with Gasteiger partial charge in [-0.1, -0.05) is 12.1 Å². The molecule has 0 radical (unpaired) electrons. The van der Waals surface area contributed by atoms with Crippen LogP contribution in [0.5, 0.6) is 0 Å². The highest BCUT2D eigenvalue weighted by Gasteiger charge is 2.30. The van der Waals surface area contributed by atoms with Crippen LogP contribution in [0.15, 0.2) is 59.8 Å². The van der Waals surface area contributed by atoms with Crippen molar-refractivity contribution in [3.63, 3.8) is 0 Å². The Kier molecular flexibility index (Phi) is 5.47. The first-order chi connectivity index (χ1) is 15.2. The predicted octanol–water partition coefficient (Wildman–Crippen LogP) is 4.23. The van der Waals surface area contributed by atoms with Gasteiger partial charge >= 0.3 is 6.18 Å². The Morgan fingerprint density at radius 1 is 1.09 bits per heavy atom. The highest BCUT2D eigenvalue weighted by atomic mass is 19.4. The van der Waals surface area contributed by atoms with Crippen LogP contribution in [0.4, 0.5) is 17.6 Å². The smallest absolute Gasteiger partial charge is 0.394 e. The molecule has 0 aliphatic heterocycles. The van der Waals surface area contributed by atoms with Gasteiger partial charge in [-0.05, 0) is 37.3 Å². The van der Waals surface area contributed by atoms with Gasteiger partial charge in [0, 0.05) is 11.8 Å². The van der Waals surface area contributed by atoms with Crippen molar-refractivity contribution < 1.29 is 22.7 Å². The number of rotatable bonds is 4. The number of aromatic nitrogens is 4. The molecule has 6 nitrogen and oxygen atoms in total. The number of alkyl halides is 3. The maximum absolute atomic E-state index is 13.9. The third-order valence-corrected chi connectivity index (χ3v) is 4.96. The van der Waals surface area contributed by atoms with Crippen LogP contribution >= 0.6 is 0 Å². The molecule has 3 heterocycles. The van der Waals surface area contributed by atoms with Crippen molar-refractivity contribution in [2.24, 2.45) is 0 Å². The second-order valence-electron chi connectivity index (χ2n) is 7.18. The molecule has 3 aromatic heterocycles. The van der Waals surface area contributed by atoms with E-state index >= 15 is 0 Å². The summed E-state index contributed by atoms with van der Waals surface area (Å²) in [5.74, 6) is -0.530. The van der Waals surface area contributed by atoms with Gasteiger partial charge in [0.25, 0.3) is 5.56 Å². The monoisotopic (exact) mass is 444 g/mol. The number of hydrogen-bond acceptors (Lipinski definition) is 5. The van der Waals surface area contributed by atoms with E-state index < -0.39 is 29.2 Å². The summed E-state index contributed by atoms with van der Waals surface area (Å²) >= 11 is 0. The third kappa shape index (κ3) is 3.96. The minimum Gasteiger partial charge on any atom is -0.394 e. The normalized spacial score (nSPS) is 12.8. The molecule has 4 aromatic rings. The zero-order valence-electron chi connectivity index (χ0n) is 16.6. The Morgan fingerprint density at radius 3 is 2.50 bits per heavy atom. The highest BCUT2D eigenvalue weighted by Crippen LogP contribution is 2.31. The van der Waals surface area contributed by atoms with Gasteiger partial charge in [0.1, 0.15) is 11.3 Å². The molecule has 0 saturated heterocycles. The van der Waals surface area contributed by atoms with Gasteiger partial charge in [0.15, 0.2) is 0 Å². The molecule has 4 rings (SSSR count). The fourth-order valence-corrected chi connectivity index (χ4v) is 3.23. The molecular formula is C22H16F4N4O2. The van der Waals surface area contributed by atoms with E-state index in [1.165, 1.54) is 35.2 Å². The first-order valence-electron chi connectivity index (χ1n) is 9.51. The fraction of sp³-hybridized carbons (Fsp3) is 0.182. The van der Waals surface area contributed by atoms with Crippen LogP contribution in [0.25, 0.3) is 33.5 Å². The summed E-state index contributed by atoms with van der Waals surface area (Å²) in [5, 5.41) is 9.54. The molecule has 0 fully saturated rings. The Hall–Kier alpha value is -3.66. The number of nitrogens with zero attached hydrogens (tertiary/aromatic N) is 4. The second-order valence-corrected chi connectivity index (χ2v) is 7.18. The van der Waals surface area contributed by atoms with E-state index in [1.54, 1.807) is 13.0 Å². The Morgan fingerprint density at radius 2 is 1.88 bits per heavy atom. The first kappa shape index (κ1) is 21.6. The Balaban J connectivity index is 1.99. The second kappa shape index (κ2) is 8.12. The number of hydrogen-bond donors (Lipinski definition) is 1. The molecule has 0 saturated carbocycles. The maximum Gasteiger partial charge on any atom is 0.417 e. The maximum atomic E-state index is 13.9. The quantitative estimate of drug-likeness (QED) is 0.477. The standard InChI is InChI=1S/C22H16F4N4O2/c1-12(10-31)30-11-28-20-16(21(30)32)8-18(17-6-5-14(9-27-17)22(24,25)26)29-19(20)13-3-2-4-15(23)7-13/h2-9,11-12,31H,10H2,1H3/t12-/m0/s1. The summed E-state index contributed by atoms with van der Waals surface area (Å²) in [4.78, 5) is 25.7. The largest absolute Gasteiger partial charge is 0.417 e. The molecule has 164 valence electrons. The topological polar surface area (TPSA) is 80.9 Å². The molecule has 0 aliphatic carbocycles. The van der Waals surface area contributed by atoms with Crippen molar-refractivity contribution >= 4 is 10.9 Å². The van der Waals surface area contributed by atoms with Gasteiger partial charge in [-0.2, -0.15) is 13.2 Å². The van der Waals surface area contributed by atoms with Crippen LogP contribution in [0.1, 0.15) is 18.5 Å². The average molecular weight is 444 g/mol. The lowest BCUT2D eigenvalue weighted by molar-refractivity contribution is -0.137. The lowest BCUT2D eigenvalue weighted by Gasteiger charge is -2.14. The van der Waals surface area contributed by atoms with Gasteiger partial charge in [-0.15, -0.1) is 0 Å². The van der Waals surface area contributed by atoms with Crippen LogP contribution < -0.4 is 5.56 Å². The van der Waals surface area contributed by atoms with Crippen molar-refractivity contribution in [1.82, 2.24) is 19.5 Å². The minimum atomic E-state index is -4.55. The van der Waals surface area contributed by atoms with Crippen molar-refractivity contribution in [1.29, 1.82) is 0 Å². The Labute approximate surface area is 178 Å². The zero-order valence-corrected chi connectivity index (χ0v) is 16.6. The predicted molar refractivity (Wildman–Crippen MR) is 109 cm³/mol. The van der Waals surface area contributed by atoms with E-state index in [0.717, 1.165) is 12.1 Å². The fourth-order valence-electron chi connectivity index (χ4n) is 3.23. The number of aliphatic hydroxyl groups is 1. The van der Waals surface area contributed by atoms with Gasteiger partial charge in [-0.25, -0.2) is 14.4 Å². The summed E-state index contributed by atoms with van der Waals surface area (Å²) in [5.41, 5.74) is -0.472. The molecule has 10 heteroatoms. The summed E-state index contributed by atoms with van der Waals surface area (Å²) in [6, 6.07) is 8.35. The van der Waals surface area contributed by atoms with Crippen molar-refractivity contribution in [3.8, 4) is 22.6 Å². The van der Waals surface area contributed by atoms with E-state index in [4.69, 9.17) is 0 Å². The molecule has 0 spiro atoms. The summed E-state index contributed by atoms with van der Waals surface area (Å²) in [7, 11) is 0. The molecule has 1 atom stereocenters. The van der Waals surface area contributed by atoms with Crippen molar-refractivity contribution in [3.05, 3.63) is 76.7 Å². The van der Waals surface area contributed by atoms with Crippen LogP contribution in [-0.2, 0) is 6.18 Å². The molecule has 32 heavy (non-hydrogen) atoms. The molecule has 1 N–H and O–H groups in total. The first-order valence-corrected chi connectivity index (χ1v) is 9.51. The van der Waals surface area contributed by atoms with Crippen LogP contribution in [0.3, 0.4) is 0 Å². The zero-order chi connectivity index (χ0) is 23.0. The molecular weight excluding hydrogens is 428 g/mol. The van der Waals surface area contributed by atoms with Gasteiger partial charge < -0.3 is 5.11 Å².